The van der Waals surface area contributed by atoms with Crippen molar-refractivity contribution in [3.63, 3.8) is 0 Å². The fourth-order valence-corrected chi connectivity index (χ4v) is 5.37. The number of aliphatic hydroxyl groups is 2. The van der Waals surface area contributed by atoms with Crippen LogP contribution in [0.1, 0.15) is 49.3 Å². The van der Waals surface area contributed by atoms with E-state index in [0.29, 0.717) is 18.4 Å². The number of hydrogen-bond donors (Lipinski definition) is 3. The van der Waals surface area contributed by atoms with Crippen molar-refractivity contribution in [2.45, 2.75) is 56.1 Å². The lowest BCUT2D eigenvalue weighted by Crippen LogP contribution is -2.56. The minimum absolute atomic E-state index is 0.201. The number of phenolic OH excluding ortho intramolecular Hbond substituents is 1. The standard InChI is InChI=1S/C22H25FO3/c1-2-21-13-20(25)22(26,15-5-7-17(23)8-6-15)12-16(21)4-3-14-11-18(24)9-10-19(14)21/h5-11,16,20,24-26H,2-4,12-13H2,1H3. The molecule has 1 fully saturated rings. The maximum atomic E-state index is 13.3. The van der Waals surface area contributed by atoms with Gasteiger partial charge in [0.1, 0.15) is 17.2 Å². The zero-order valence-corrected chi connectivity index (χ0v) is 15.0. The van der Waals surface area contributed by atoms with Gasteiger partial charge in [0.2, 0.25) is 0 Å². The predicted molar refractivity (Wildman–Crippen MR) is 97.4 cm³/mol. The highest BCUT2D eigenvalue weighted by atomic mass is 19.1. The molecule has 1 saturated carbocycles. The Morgan fingerprint density at radius 2 is 1.85 bits per heavy atom. The van der Waals surface area contributed by atoms with Crippen LogP contribution in [-0.4, -0.2) is 21.4 Å². The molecule has 138 valence electrons. The zero-order valence-electron chi connectivity index (χ0n) is 15.0. The van der Waals surface area contributed by atoms with Gasteiger partial charge < -0.3 is 15.3 Å². The third kappa shape index (κ3) is 2.47. The summed E-state index contributed by atoms with van der Waals surface area (Å²) in [6, 6.07) is 11.3. The van der Waals surface area contributed by atoms with Crippen LogP contribution < -0.4 is 0 Å². The monoisotopic (exact) mass is 356 g/mol. The van der Waals surface area contributed by atoms with Crippen molar-refractivity contribution >= 4 is 0 Å². The number of aromatic hydroxyl groups is 1. The second-order valence-electron chi connectivity index (χ2n) is 7.94. The molecule has 0 bridgehead atoms. The van der Waals surface area contributed by atoms with Crippen molar-refractivity contribution in [2.24, 2.45) is 5.92 Å². The number of phenols is 1. The van der Waals surface area contributed by atoms with Crippen LogP contribution in [0.5, 0.6) is 5.75 Å². The third-order valence-electron chi connectivity index (χ3n) is 6.81. The minimum atomic E-state index is -1.36. The highest BCUT2D eigenvalue weighted by Crippen LogP contribution is 2.56. The van der Waals surface area contributed by atoms with Crippen LogP contribution in [0.25, 0.3) is 0 Å². The number of rotatable bonds is 2. The third-order valence-corrected chi connectivity index (χ3v) is 6.81. The molecule has 4 unspecified atom stereocenters. The fourth-order valence-electron chi connectivity index (χ4n) is 5.37. The van der Waals surface area contributed by atoms with Crippen molar-refractivity contribution in [2.75, 3.05) is 0 Å². The van der Waals surface area contributed by atoms with Crippen molar-refractivity contribution in [3.05, 3.63) is 65.0 Å². The SMILES string of the molecule is CCC12CC(O)C(O)(c3ccc(F)cc3)CC1CCc1cc(O)ccc12. The molecule has 0 saturated heterocycles. The van der Waals surface area contributed by atoms with E-state index in [0.717, 1.165) is 24.8 Å². The molecular formula is C22H25FO3. The van der Waals surface area contributed by atoms with Gasteiger partial charge in [0.25, 0.3) is 0 Å². The Hall–Kier alpha value is -1.91. The maximum Gasteiger partial charge on any atom is 0.123 e. The van der Waals surface area contributed by atoms with E-state index >= 15 is 0 Å². The zero-order chi connectivity index (χ0) is 18.5. The van der Waals surface area contributed by atoms with Crippen LogP contribution in [0, 0.1) is 11.7 Å². The highest BCUT2D eigenvalue weighted by molar-refractivity contribution is 5.44. The molecule has 2 aliphatic carbocycles. The predicted octanol–water partition coefficient (Wildman–Crippen LogP) is 3.78. The molecule has 2 aliphatic rings. The molecule has 4 rings (SSSR count). The molecule has 4 atom stereocenters. The summed E-state index contributed by atoms with van der Waals surface area (Å²) in [6.45, 7) is 2.13. The molecule has 4 heteroatoms. The summed E-state index contributed by atoms with van der Waals surface area (Å²) in [5.41, 5.74) is 1.35. The Labute approximate surface area is 153 Å². The second-order valence-corrected chi connectivity index (χ2v) is 7.94. The van der Waals surface area contributed by atoms with Crippen LogP contribution in [0.15, 0.2) is 42.5 Å². The number of halogens is 1. The van der Waals surface area contributed by atoms with E-state index in [-0.39, 0.29) is 22.9 Å². The summed E-state index contributed by atoms with van der Waals surface area (Å²) >= 11 is 0. The Morgan fingerprint density at radius 1 is 1.12 bits per heavy atom. The Morgan fingerprint density at radius 3 is 2.54 bits per heavy atom. The average molecular weight is 356 g/mol. The van der Waals surface area contributed by atoms with Gasteiger partial charge in [-0.15, -0.1) is 0 Å². The van der Waals surface area contributed by atoms with Gasteiger partial charge in [-0.05, 0) is 79.0 Å². The quantitative estimate of drug-likeness (QED) is 0.767. The lowest BCUT2D eigenvalue weighted by molar-refractivity contribution is -0.146. The van der Waals surface area contributed by atoms with Crippen LogP contribution in [0.3, 0.4) is 0 Å². The molecule has 0 aromatic heterocycles. The van der Waals surface area contributed by atoms with Gasteiger partial charge in [0.15, 0.2) is 0 Å². The Balaban J connectivity index is 1.76. The van der Waals surface area contributed by atoms with E-state index in [4.69, 9.17) is 0 Å². The molecule has 0 radical (unpaired) electrons. The van der Waals surface area contributed by atoms with E-state index in [1.165, 1.54) is 17.7 Å². The van der Waals surface area contributed by atoms with E-state index in [9.17, 15) is 19.7 Å². The molecule has 3 N–H and O–H groups in total. The molecule has 2 aromatic carbocycles. The molecule has 0 aliphatic heterocycles. The molecular weight excluding hydrogens is 331 g/mol. The first-order valence-corrected chi connectivity index (χ1v) is 9.38. The summed E-state index contributed by atoms with van der Waals surface area (Å²) in [5, 5.41) is 32.1. The Kier molecular flexibility index (Phi) is 4.08. The van der Waals surface area contributed by atoms with Crippen molar-refractivity contribution in [1.82, 2.24) is 0 Å². The van der Waals surface area contributed by atoms with Gasteiger partial charge in [0, 0.05) is 5.41 Å². The maximum absolute atomic E-state index is 13.3. The van der Waals surface area contributed by atoms with E-state index in [1.54, 1.807) is 18.2 Å². The summed E-state index contributed by atoms with van der Waals surface area (Å²) < 4.78 is 13.3. The van der Waals surface area contributed by atoms with Gasteiger partial charge in [-0.3, -0.25) is 0 Å². The van der Waals surface area contributed by atoms with Gasteiger partial charge in [-0.1, -0.05) is 25.1 Å². The number of hydrogen-bond acceptors (Lipinski definition) is 3. The lowest BCUT2D eigenvalue weighted by Gasteiger charge is -2.55. The smallest absolute Gasteiger partial charge is 0.123 e. The Bertz CT molecular complexity index is 819. The number of aliphatic hydroxyl groups excluding tert-OH is 1. The molecule has 3 nitrogen and oxygen atoms in total. The first kappa shape index (κ1) is 17.5. The summed E-state index contributed by atoms with van der Waals surface area (Å²) in [4.78, 5) is 0. The van der Waals surface area contributed by atoms with Crippen LogP contribution >= 0.6 is 0 Å². The van der Waals surface area contributed by atoms with E-state index in [1.807, 2.05) is 12.1 Å². The molecule has 0 spiro atoms. The van der Waals surface area contributed by atoms with Gasteiger partial charge in [-0.2, -0.15) is 0 Å². The average Bonchev–Trinajstić information content (AvgIpc) is 2.63. The van der Waals surface area contributed by atoms with Crippen molar-refractivity contribution < 1.29 is 19.7 Å². The molecule has 2 aromatic rings. The van der Waals surface area contributed by atoms with Crippen LogP contribution in [0.2, 0.25) is 0 Å². The minimum Gasteiger partial charge on any atom is -0.508 e. The fraction of sp³-hybridized carbons (Fsp3) is 0.455. The largest absolute Gasteiger partial charge is 0.508 e. The highest BCUT2D eigenvalue weighted by Gasteiger charge is 2.55. The topological polar surface area (TPSA) is 60.7 Å². The molecule has 0 amide bonds. The van der Waals surface area contributed by atoms with Crippen molar-refractivity contribution in [3.8, 4) is 5.75 Å². The second kappa shape index (κ2) is 6.07. The van der Waals surface area contributed by atoms with E-state index in [2.05, 4.69) is 6.92 Å². The number of aryl methyl sites for hydroxylation is 1. The van der Waals surface area contributed by atoms with Crippen LogP contribution in [-0.2, 0) is 17.4 Å². The van der Waals surface area contributed by atoms with Gasteiger partial charge in [-0.25, -0.2) is 4.39 Å². The summed E-state index contributed by atoms with van der Waals surface area (Å²) in [5.74, 6) is 0.146. The van der Waals surface area contributed by atoms with Crippen molar-refractivity contribution in [1.29, 1.82) is 0 Å². The number of fused-ring (bicyclic) bond motifs is 3. The van der Waals surface area contributed by atoms with E-state index < -0.39 is 11.7 Å². The van der Waals surface area contributed by atoms with Gasteiger partial charge in [0.05, 0.1) is 6.10 Å². The van der Waals surface area contributed by atoms with Gasteiger partial charge >= 0.3 is 0 Å². The summed E-state index contributed by atoms with van der Waals surface area (Å²) in [6.07, 6.45) is 2.61. The summed E-state index contributed by atoms with van der Waals surface area (Å²) in [7, 11) is 0. The lowest BCUT2D eigenvalue weighted by atomic mass is 9.52. The first-order chi connectivity index (χ1) is 12.4. The first-order valence-electron chi connectivity index (χ1n) is 9.38. The molecule has 0 heterocycles. The molecule has 26 heavy (non-hydrogen) atoms. The normalized spacial score (nSPS) is 33.4. The van der Waals surface area contributed by atoms with Crippen LogP contribution in [0.4, 0.5) is 4.39 Å². The number of benzene rings is 2.